The quantitative estimate of drug-likeness (QED) is 0.595. The zero-order valence-corrected chi connectivity index (χ0v) is 16.1. The van der Waals surface area contributed by atoms with E-state index in [-0.39, 0.29) is 17.4 Å². The minimum Gasteiger partial charge on any atom is -0.396 e. The van der Waals surface area contributed by atoms with Crippen LogP contribution in [-0.2, 0) is 9.63 Å². The summed E-state index contributed by atoms with van der Waals surface area (Å²) in [7, 11) is 0. The maximum absolute atomic E-state index is 12.5. The van der Waals surface area contributed by atoms with Crippen LogP contribution < -0.4 is 5.73 Å². The average Bonchev–Trinajstić information content (AvgIpc) is 2.96. The zero-order valence-electron chi connectivity index (χ0n) is 16.1. The van der Waals surface area contributed by atoms with Crippen LogP contribution in [0.5, 0.6) is 0 Å². The SMILES string of the molecule is C[C@]12CCC3C(CCC4C/C(=N/OCCN)CC[C@@]43CO)C1CCC2=O. The maximum atomic E-state index is 12.5. The first-order chi connectivity index (χ1) is 12.5. The van der Waals surface area contributed by atoms with E-state index in [0.29, 0.717) is 42.6 Å². The number of rotatable bonds is 4. The largest absolute Gasteiger partial charge is 0.396 e. The Morgan fingerprint density at radius 3 is 2.81 bits per heavy atom. The van der Waals surface area contributed by atoms with Gasteiger partial charge in [-0.1, -0.05) is 12.1 Å². The van der Waals surface area contributed by atoms with Crippen molar-refractivity contribution in [2.24, 2.45) is 45.4 Å². The van der Waals surface area contributed by atoms with Gasteiger partial charge in [0.05, 0.1) is 5.71 Å². The molecule has 0 saturated heterocycles. The highest BCUT2D eigenvalue weighted by atomic mass is 16.6. The second-order valence-electron chi connectivity index (χ2n) is 9.44. The van der Waals surface area contributed by atoms with Crippen LogP contribution in [0.1, 0.15) is 64.7 Å². The van der Waals surface area contributed by atoms with Gasteiger partial charge >= 0.3 is 0 Å². The fraction of sp³-hybridized carbons (Fsp3) is 0.905. The van der Waals surface area contributed by atoms with Crippen LogP contribution in [0.25, 0.3) is 0 Å². The van der Waals surface area contributed by atoms with Crippen molar-refractivity contribution in [1.82, 2.24) is 0 Å². The summed E-state index contributed by atoms with van der Waals surface area (Å²) in [5.74, 6) is 2.74. The molecule has 0 bridgehead atoms. The van der Waals surface area contributed by atoms with Crippen molar-refractivity contribution in [3.05, 3.63) is 0 Å². The number of hydrogen-bond donors (Lipinski definition) is 2. The van der Waals surface area contributed by atoms with Crippen LogP contribution in [0.4, 0.5) is 0 Å². The number of nitrogens with zero attached hydrogens (tertiary/aromatic N) is 1. The molecule has 4 aliphatic rings. The molecule has 5 heteroatoms. The second-order valence-corrected chi connectivity index (χ2v) is 9.44. The van der Waals surface area contributed by atoms with Gasteiger partial charge < -0.3 is 15.7 Å². The van der Waals surface area contributed by atoms with Crippen molar-refractivity contribution >= 4 is 11.5 Å². The molecule has 0 amide bonds. The van der Waals surface area contributed by atoms with Gasteiger partial charge in [-0.25, -0.2) is 0 Å². The average molecular weight is 363 g/mol. The fourth-order valence-corrected chi connectivity index (χ4v) is 7.22. The van der Waals surface area contributed by atoms with E-state index in [4.69, 9.17) is 10.6 Å². The smallest absolute Gasteiger partial charge is 0.139 e. The zero-order chi connectivity index (χ0) is 18.4. The standard InChI is InChI=1S/C21H34N2O3/c1-20-8-7-18-16(17(20)4-5-19(20)25)3-2-14-12-15(23-26-11-10-22)6-9-21(14,18)13-24/h14,16-18,24H,2-13,22H2,1H3/b23-15+/t14?,16?,17?,18?,20-,21+/m0/s1. The molecule has 4 rings (SSSR count). The molecule has 0 aromatic carbocycles. The van der Waals surface area contributed by atoms with Crippen molar-refractivity contribution in [3.63, 3.8) is 0 Å². The predicted molar refractivity (Wildman–Crippen MR) is 101 cm³/mol. The predicted octanol–water partition coefficient (Wildman–Crippen LogP) is 2.90. The van der Waals surface area contributed by atoms with E-state index >= 15 is 0 Å². The Bertz CT molecular complexity index is 592. The molecule has 0 aliphatic heterocycles. The van der Waals surface area contributed by atoms with Gasteiger partial charge in [0.15, 0.2) is 0 Å². The van der Waals surface area contributed by atoms with Gasteiger partial charge in [0.25, 0.3) is 0 Å². The summed E-state index contributed by atoms with van der Waals surface area (Å²) >= 11 is 0. The lowest BCUT2D eigenvalue weighted by molar-refractivity contribution is -0.143. The number of carbonyl (C=O) groups excluding carboxylic acids is 1. The first-order valence-corrected chi connectivity index (χ1v) is 10.6. The van der Waals surface area contributed by atoms with Gasteiger partial charge in [-0.05, 0) is 75.0 Å². The van der Waals surface area contributed by atoms with Crippen LogP contribution in [0.3, 0.4) is 0 Å². The second kappa shape index (κ2) is 6.90. The van der Waals surface area contributed by atoms with Gasteiger partial charge in [0.1, 0.15) is 12.4 Å². The Kier molecular flexibility index (Phi) is 4.89. The highest BCUT2D eigenvalue weighted by Crippen LogP contribution is 2.65. The first kappa shape index (κ1) is 18.4. The van der Waals surface area contributed by atoms with Crippen molar-refractivity contribution in [2.45, 2.75) is 64.7 Å². The molecular weight excluding hydrogens is 328 g/mol. The van der Waals surface area contributed by atoms with E-state index in [1.807, 2.05) is 0 Å². The molecule has 0 spiro atoms. The number of ketones is 1. The summed E-state index contributed by atoms with van der Waals surface area (Å²) in [6, 6.07) is 0. The Morgan fingerprint density at radius 2 is 2.04 bits per heavy atom. The number of Topliss-reactive ketones (excluding diaryl/α,β-unsaturated/α-hetero) is 1. The topological polar surface area (TPSA) is 84.9 Å². The molecule has 4 saturated carbocycles. The summed E-state index contributed by atoms with van der Waals surface area (Å²) in [6.07, 6.45) is 9.22. The lowest BCUT2D eigenvalue weighted by Gasteiger charge is -2.60. The Labute approximate surface area is 156 Å². The molecule has 3 N–H and O–H groups in total. The van der Waals surface area contributed by atoms with Crippen molar-refractivity contribution in [3.8, 4) is 0 Å². The Hall–Kier alpha value is -0.940. The number of fused-ring (bicyclic) bond motifs is 5. The number of nitrogens with two attached hydrogens (primary N) is 1. The third-order valence-corrected chi connectivity index (χ3v) is 8.60. The molecule has 4 unspecified atom stereocenters. The number of aliphatic hydroxyl groups excluding tert-OH is 1. The van der Waals surface area contributed by atoms with Gasteiger partial charge in [-0.3, -0.25) is 4.79 Å². The fourth-order valence-electron chi connectivity index (χ4n) is 7.22. The van der Waals surface area contributed by atoms with Gasteiger partial charge in [0, 0.05) is 30.4 Å². The maximum Gasteiger partial charge on any atom is 0.139 e. The van der Waals surface area contributed by atoms with Crippen LogP contribution in [0, 0.1) is 34.5 Å². The van der Waals surface area contributed by atoms with Crippen molar-refractivity contribution in [2.75, 3.05) is 19.8 Å². The molecule has 0 heterocycles. The van der Waals surface area contributed by atoms with E-state index < -0.39 is 0 Å². The van der Waals surface area contributed by atoms with Crippen LogP contribution in [-0.4, -0.2) is 36.4 Å². The summed E-state index contributed by atoms with van der Waals surface area (Å²) in [5, 5.41) is 14.8. The van der Waals surface area contributed by atoms with Crippen molar-refractivity contribution in [1.29, 1.82) is 0 Å². The molecule has 6 atom stereocenters. The highest BCUT2D eigenvalue weighted by Gasteiger charge is 2.61. The molecule has 0 aromatic rings. The highest BCUT2D eigenvalue weighted by molar-refractivity contribution is 5.87. The molecular formula is C21H34N2O3. The third-order valence-electron chi connectivity index (χ3n) is 8.60. The monoisotopic (exact) mass is 362 g/mol. The van der Waals surface area contributed by atoms with E-state index in [0.717, 1.165) is 57.1 Å². The van der Waals surface area contributed by atoms with Gasteiger partial charge in [0.2, 0.25) is 0 Å². The Morgan fingerprint density at radius 1 is 1.19 bits per heavy atom. The number of oxime groups is 1. The normalized spacial score (nSPS) is 46.6. The molecule has 146 valence electrons. The Balaban J connectivity index is 1.55. The molecule has 0 radical (unpaired) electrons. The van der Waals surface area contributed by atoms with Gasteiger partial charge in [-0.2, -0.15) is 0 Å². The van der Waals surface area contributed by atoms with Gasteiger partial charge in [-0.15, -0.1) is 0 Å². The minimum atomic E-state index is -0.0814. The van der Waals surface area contributed by atoms with E-state index in [1.165, 1.54) is 6.42 Å². The molecule has 5 nitrogen and oxygen atoms in total. The summed E-state index contributed by atoms with van der Waals surface area (Å²) in [4.78, 5) is 17.8. The van der Waals surface area contributed by atoms with E-state index in [1.54, 1.807) is 0 Å². The van der Waals surface area contributed by atoms with Crippen LogP contribution in [0.15, 0.2) is 5.16 Å². The minimum absolute atomic E-state index is 0.0305. The molecule has 4 aliphatic carbocycles. The molecule has 26 heavy (non-hydrogen) atoms. The number of aliphatic hydroxyl groups is 1. The van der Waals surface area contributed by atoms with Crippen LogP contribution >= 0.6 is 0 Å². The summed E-state index contributed by atoms with van der Waals surface area (Å²) < 4.78 is 0. The van der Waals surface area contributed by atoms with Crippen molar-refractivity contribution < 1.29 is 14.7 Å². The summed E-state index contributed by atoms with van der Waals surface area (Å²) in [6.45, 7) is 3.47. The third kappa shape index (κ3) is 2.65. The number of carbonyl (C=O) groups is 1. The van der Waals surface area contributed by atoms with Crippen LogP contribution in [0.2, 0.25) is 0 Å². The lowest BCUT2D eigenvalue weighted by atomic mass is 9.45. The number of hydrogen-bond acceptors (Lipinski definition) is 5. The molecule has 0 aromatic heterocycles. The molecule has 4 fully saturated rings. The van der Waals surface area contributed by atoms with E-state index in [9.17, 15) is 9.90 Å². The first-order valence-electron chi connectivity index (χ1n) is 10.6. The summed E-state index contributed by atoms with van der Waals surface area (Å²) in [5.41, 5.74) is 6.57. The lowest BCUT2D eigenvalue weighted by Crippen LogP contribution is -2.56. The van der Waals surface area contributed by atoms with E-state index in [2.05, 4.69) is 12.1 Å².